The van der Waals surface area contributed by atoms with Gasteiger partial charge in [-0.25, -0.2) is 0 Å². The van der Waals surface area contributed by atoms with Crippen molar-refractivity contribution in [2.24, 2.45) is 0 Å². The molecular formula is C11H11ClN4OS. The molecule has 1 amide bonds. The molecule has 0 saturated carbocycles. The van der Waals surface area contributed by atoms with Gasteiger partial charge < -0.3 is 5.73 Å². The second kappa shape index (κ2) is 5.32. The van der Waals surface area contributed by atoms with E-state index >= 15 is 0 Å². The van der Waals surface area contributed by atoms with E-state index < -0.39 is 0 Å². The Bertz CT molecular complexity index is 584. The van der Waals surface area contributed by atoms with Crippen molar-refractivity contribution in [3.63, 3.8) is 0 Å². The SMILES string of the molecule is CCc1nnc(NC(=O)c2cccc(N)c2Cl)s1. The van der Waals surface area contributed by atoms with Gasteiger partial charge in [-0.15, -0.1) is 10.2 Å². The van der Waals surface area contributed by atoms with Crippen LogP contribution < -0.4 is 11.1 Å². The number of halogens is 1. The summed E-state index contributed by atoms with van der Waals surface area (Å²) in [5, 5.41) is 12.0. The summed E-state index contributed by atoms with van der Waals surface area (Å²) in [5.41, 5.74) is 6.34. The van der Waals surface area contributed by atoms with E-state index in [1.54, 1.807) is 18.2 Å². The lowest BCUT2D eigenvalue weighted by molar-refractivity contribution is 0.102. The maximum Gasteiger partial charge on any atom is 0.259 e. The van der Waals surface area contributed by atoms with Gasteiger partial charge in [0.2, 0.25) is 5.13 Å². The molecule has 2 rings (SSSR count). The molecule has 0 spiro atoms. The molecule has 0 aliphatic carbocycles. The first-order valence-electron chi connectivity index (χ1n) is 5.29. The summed E-state index contributed by atoms with van der Waals surface area (Å²) in [6.45, 7) is 1.97. The largest absolute Gasteiger partial charge is 0.398 e. The van der Waals surface area contributed by atoms with Crippen molar-refractivity contribution in [1.82, 2.24) is 10.2 Å². The molecule has 94 valence electrons. The molecule has 3 N–H and O–H groups in total. The lowest BCUT2D eigenvalue weighted by atomic mass is 10.2. The fraction of sp³-hybridized carbons (Fsp3) is 0.182. The van der Waals surface area contributed by atoms with Crippen LogP contribution in [0.4, 0.5) is 10.8 Å². The van der Waals surface area contributed by atoms with Gasteiger partial charge in [-0.2, -0.15) is 0 Å². The average Bonchev–Trinajstić information content (AvgIpc) is 2.80. The molecule has 1 aromatic heterocycles. The molecule has 7 heteroatoms. The summed E-state index contributed by atoms with van der Waals surface area (Å²) in [7, 11) is 0. The minimum atomic E-state index is -0.342. The Hall–Kier alpha value is -1.66. The number of aryl methyl sites for hydroxylation is 1. The number of nitrogens with zero attached hydrogens (tertiary/aromatic N) is 2. The number of rotatable bonds is 3. The third-order valence-electron chi connectivity index (χ3n) is 2.26. The highest BCUT2D eigenvalue weighted by molar-refractivity contribution is 7.15. The van der Waals surface area contributed by atoms with Gasteiger partial charge >= 0.3 is 0 Å². The zero-order valence-corrected chi connectivity index (χ0v) is 11.2. The Labute approximate surface area is 113 Å². The van der Waals surface area contributed by atoms with Gasteiger partial charge in [-0.05, 0) is 18.6 Å². The Morgan fingerprint density at radius 2 is 2.28 bits per heavy atom. The first kappa shape index (κ1) is 12.8. The zero-order valence-electron chi connectivity index (χ0n) is 9.61. The van der Waals surface area contributed by atoms with Gasteiger partial charge in [-0.3, -0.25) is 10.1 Å². The lowest BCUT2D eigenvalue weighted by Crippen LogP contribution is -2.12. The number of aromatic nitrogens is 2. The van der Waals surface area contributed by atoms with Crippen LogP contribution in [0, 0.1) is 0 Å². The molecule has 0 saturated heterocycles. The standard InChI is InChI=1S/C11H11ClN4OS/c1-2-8-15-16-11(18-8)14-10(17)6-4-3-5-7(13)9(6)12/h3-5H,2,13H2,1H3,(H,14,16,17). The van der Waals surface area contributed by atoms with Crippen LogP contribution in [0.1, 0.15) is 22.3 Å². The number of hydrogen-bond acceptors (Lipinski definition) is 5. The van der Waals surface area contributed by atoms with Gasteiger partial charge in [0.05, 0.1) is 16.3 Å². The van der Waals surface area contributed by atoms with Gasteiger partial charge in [-0.1, -0.05) is 35.9 Å². The van der Waals surface area contributed by atoms with Crippen molar-refractivity contribution < 1.29 is 4.79 Å². The zero-order chi connectivity index (χ0) is 13.1. The average molecular weight is 283 g/mol. The smallest absolute Gasteiger partial charge is 0.259 e. The van der Waals surface area contributed by atoms with Crippen LogP contribution in [0.3, 0.4) is 0 Å². The van der Waals surface area contributed by atoms with E-state index in [-0.39, 0.29) is 10.9 Å². The molecule has 5 nitrogen and oxygen atoms in total. The number of carbonyl (C=O) groups excluding carboxylic acids is 1. The number of anilines is 2. The first-order valence-corrected chi connectivity index (χ1v) is 6.49. The summed E-state index contributed by atoms with van der Waals surface area (Å²) >= 11 is 7.31. The van der Waals surface area contributed by atoms with Crippen LogP contribution in [0.15, 0.2) is 18.2 Å². The fourth-order valence-electron chi connectivity index (χ4n) is 1.34. The number of carbonyl (C=O) groups is 1. The number of nitrogens with two attached hydrogens (primary N) is 1. The minimum Gasteiger partial charge on any atom is -0.398 e. The Balaban J connectivity index is 2.19. The van der Waals surface area contributed by atoms with Crippen molar-refractivity contribution in [1.29, 1.82) is 0 Å². The molecule has 0 aliphatic rings. The monoisotopic (exact) mass is 282 g/mol. The fourth-order valence-corrected chi connectivity index (χ4v) is 2.22. The summed E-state index contributed by atoms with van der Waals surface area (Å²) < 4.78 is 0. The van der Waals surface area contributed by atoms with E-state index in [0.29, 0.717) is 16.4 Å². The van der Waals surface area contributed by atoms with Gasteiger partial charge in [0.15, 0.2) is 0 Å². The molecule has 2 aromatic rings. The van der Waals surface area contributed by atoms with Gasteiger partial charge in [0.25, 0.3) is 5.91 Å². The van der Waals surface area contributed by atoms with Crippen LogP contribution in [0.25, 0.3) is 0 Å². The molecule has 1 aromatic carbocycles. The molecule has 0 atom stereocenters. The topological polar surface area (TPSA) is 80.9 Å². The summed E-state index contributed by atoms with van der Waals surface area (Å²) in [5.74, 6) is -0.342. The number of nitrogen functional groups attached to an aromatic ring is 1. The summed E-state index contributed by atoms with van der Waals surface area (Å²) in [6, 6.07) is 4.92. The van der Waals surface area contributed by atoms with E-state index in [2.05, 4.69) is 15.5 Å². The van der Waals surface area contributed by atoms with Crippen molar-refractivity contribution in [3.8, 4) is 0 Å². The predicted octanol–water partition coefficient (Wildman–Crippen LogP) is 2.59. The second-order valence-corrected chi connectivity index (χ2v) is 4.96. The number of benzene rings is 1. The maximum absolute atomic E-state index is 12.0. The normalized spacial score (nSPS) is 10.3. The van der Waals surface area contributed by atoms with Crippen molar-refractivity contribution in [3.05, 3.63) is 33.8 Å². The molecule has 18 heavy (non-hydrogen) atoms. The predicted molar refractivity (Wildman–Crippen MR) is 73.1 cm³/mol. The highest BCUT2D eigenvalue weighted by Gasteiger charge is 2.14. The minimum absolute atomic E-state index is 0.246. The second-order valence-electron chi connectivity index (χ2n) is 3.52. The van der Waals surface area contributed by atoms with E-state index in [9.17, 15) is 4.79 Å². The Kier molecular flexibility index (Phi) is 3.78. The Morgan fingerprint density at radius 1 is 1.50 bits per heavy atom. The highest BCUT2D eigenvalue weighted by atomic mass is 35.5. The van der Waals surface area contributed by atoms with E-state index in [4.69, 9.17) is 17.3 Å². The van der Waals surface area contributed by atoms with E-state index in [0.717, 1.165) is 11.4 Å². The van der Waals surface area contributed by atoms with Crippen molar-refractivity contribution in [2.75, 3.05) is 11.1 Å². The van der Waals surface area contributed by atoms with Crippen molar-refractivity contribution >= 4 is 39.7 Å². The molecule has 0 aliphatic heterocycles. The number of hydrogen-bond donors (Lipinski definition) is 2. The Morgan fingerprint density at radius 3 is 2.94 bits per heavy atom. The van der Waals surface area contributed by atoms with Gasteiger partial charge in [0.1, 0.15) is 5.01 Å². The van der Waals surface area contributed by atoms with Crippen LogP contribution >= 0.6 is 22.9 Å². The van der Waals surface area contributed by atoms with E-state index in [1.165, 1.54) is 11.3 Å². The summed E-state index contributed by atoms with van der Waals surface area (Å²) in [6.07, 6.45) is 0.784. The number of amides is 1. The third kappa shape index (κ3) is 2.60. The van der Waals surface area contributed by atoms with Crippen LogP contribution in [-0.4, -0.2) is 16.1 Å². The lowest BCUT2D eigenvalue weighted by Gasteiger charge is -2.05. The molecule has 0 bridgehead atoms. The molecule has 1 heterocycles. The van der Waals surface area contributed by atoms with E-state index in [1.807, 2.05) is 6.92 Å². The third-order valence-corrected chi connectivity index (χ3v) is 3.67. The first-order chi connectivity index (χ1) is 8.61. The van der Waals surface area contributed by atoms with Crippen LogP contribution in [0.2, 0.25) is 5.02 Å². The number of nitrogens with one attached hydrogen (secondary N) is 1. The van der Waals surface area contributed by atoms with Gasteiger partial charge in [0, 0.05) is 0 Å². The molecular weight excluding hydrogens is 272 g/mol. The quantitative estimate of drug-likeness (QED) is 0.848. The molecule has 0 fully saturated rings. The maximum atomic E-state index is 12.0. The van der Waals surface area contributed by atoms with Crippen LogP contribution in [0.5, 0.6) is 0 Å². The molecule has 0 unspecified atom stereocenters. The van der Waals surface area contributed by atoms with Crippen molar-refractivity contribution in [2.45, 2.75) is 13.3 Å². The molecule has 0 radical (unpaired) electrons. The summed E-state index contributed by atoms with van der Waals surface area (Å²) in [4.78, 5) is 12.0. The van der Waals surface area contributed by atoms with Crippen LogP contribution in [-0.2, 0) is 6.42 Å². The highest BCUT2D eigenvalue weighted by Crippen LogP contribution is 2.24.